The van der Waals surface area contributed by atoms with Gasteiger partial charge in [0, 0.05) is 24.2 Å². The quantitative estimate of drug-likeness (QED) is 0.277. The molecule has 2 N–H and O–H groups in total. The molecule has 14 heteroatoms. The summed E-state index contributed by atoms with van der Waals surface area (Å²) in [4.78, 5) is 31.2. The molecule has 0 bridgehead atoms. The van der Waals surface area contributed by atoms with E-state index in [0.29, 0.717) is 35.6 Å². The number of rotatable bonds is 9. The van der Waals surface area contributed by atoms with Gasteiger partial charge in [-0.1, -0.05) is 37.6 Å². The first-order valence-electron chi connectivity index (χ1n) is 13.2. The number of urea groups is 1. The number of alkyl halides is 6. The van der Waals surface area contributed by atoms with Gasteiger partial charge in [-0.2, -0.15) is 26.3 Å². The van der Waals surface area contributed by atoms with E-state index in [1.165, 1.54) is 25.4 Å². The Labute approximate surface area is 243 Å². The van der Waals surface area contributed by atoms with Crippen LogP contribution in [0.1, 0.15) is 44.2 Å². The molecule has 1 aliphatic carbocycles. The second kappa shape index (κ2) is 11.5. The molecule has 1 fully saturated rings. The van der Waals surface area contributed by atoms with E-state index >= 15 is 0 Å². The van der Waals surface area contributed by atoms with Gasteiger partial charge in [0.25, 0.3) is 11.5 Å². The lowest BCUT2D eigenvalue weighted by Gasteiger charge is -2.36. The number of halogens is 6. The highest BCUT2D eigenvalue weighted by atomic mass is 19.4. The van der Waals surface area contributed by atoms with Crippen molar-refractivity contribution < 1.29 is 50.5 Å². The Balaban J connectivity index is 1.53. The lowest BCUT2D eigenvalue weighted by atomic mass is 9.83. The number of carbonyl (C=O) groups is 2. The van der Waals surface area contributed by atoms with Crippen LogP contribution in [0.3, 0.4) is 0 Å². The van der Waals surface area contributed by atoms with Crippen molar-refractivity contribution in [3.63, 3.8) is 0 Å². The van der Waals surface area contributed by atoms with Gasteiger partial charge in [-0.15, -0.1) is 0 Å². The molecule has 3 amide bonds. The van der Waals surface area contributed by atoms with Crippen molar-refractivity contribution in [2.45, 2.75) is 69.3 Å². The molecule has 2 heterocycles. The first-order valence-corrected chi connectivity index (χ1v) is 13.2. The smallest absolute Gasteiger partial charge is 0.430 e. The summed E-state index contributed by atoms with van der Waals surface area (Å²) < 4.78 is 91.7. The van der Waals surface area contributed by atoms with Crippen LogP contribution in [0.4, 0.5) is 31.1 Å². The fraction of sp³-hybridized carbons (Fsp3) is 0.414. The summed E-state index contributed by atoms with van der Waals surface area (Å²) in [5, 5.41) is 12.5. The van der Waals surface area contributed by atoms with Crippen molar-refractivity contribution in [1.29, 1.82) is 0 Å². The molecule has 8 nitrogen and oxygen atoms in total. The van der Waals surface area contributed by atoms with Crippen LogP contribution in [0.25, 0.3) is 0 Å². The second-order valence-corrected chi connectivity index (χ2v) is 10.4. The van der Waals surface area contributed by atoms with Crippen LogP contribution in [0.5, 0.6) is 11.6 Å². The minimum absolute atomic E-state index is 0.120. The van der Waals surface area contributed by atoms with E-state index in [1.807, 2.05) is 0 Å². The number of pyridine rings is 1. The van der Waals surface area contributed by atoms with Gasteiger partial charge in [0.2, 0.25) is 5.88 Å². The highest BCUT2D eigenvalue weighted by Crippen LogP contribution is 2.49. The van der Waals surface area contributed by atoms with Crippen molar-refractivity contribution in [1.82, 2.24) is 15.2 Å². The lowest BCUT2D eigenvalue weighted by molar-refractivity contribution is -0.351. The van der Waals surface area contributed by atoms with Gasteiger partial charge < -0.3 is 19.9 Å². The molecule has 2 atom stereocenters. The normalized spacial score (nSPS) is 21.3. The molecular formula is C29H29F6N3O5. The minimum atomic E-state index is -5.99. The molecule has 43 heavy (non-hydrogen) atoms. The maximum absolute atomic E-state index is 13.4. The van der Waals surface area contributed by atoms with E-state index in [0.717, 1.165) is 4.90 Å². The number of aliphatic hydroxyl groups is 1. The van der Waals surface area contributed by atoms with Crippen LogP contribution in [0.2, 0.25) is 0 Å². The maximum atomic E-state index is 13.4. The number of ether oxygens (including phenoxy) is 2. The molecule has 1 aromatic carbocycles. The molecule has 1 saturated heterocycles. The lowest BCUT2D eigenvalue weighted by Crippen LogP contribution is -2.58. The van der Waals surface area contributed by atoms with Gasteiger partial charge in [0.1, 0.15) is 17.4 Å². The number of nitrogens with zero attached hydrogens (tertiary/aromatic N) is 2. The number of benzene rings is 1. The van der Waals surface area contributed by atoms with Gasteiger partial charge in [0.05, 0.1) is 13.7 Å². The summed E-state index contributed by atoms with van der Waals surface area (Å²) in [7, 11) is 1.44. The largest absolute Gasteiger partial charge is 0.486 e. The van der Waals surface area contributed by atoms with Crippen LogP contribution in [0.15, 0.2) is 65.9 Å². The van der Waals surface area contributed by atoms with Gasteiger partial charge >= 0.3 is 18.4 Å². The molecule has 232 valence electrons. The molecule has 2 aliphatic rings. The number of amides is 3. The number of hydrogen-bond acceptors (Lipinski definition) is 6. The first kappa shape index (κ1) is 31.9. The molecule has 2 unspecified atom stereocenters. The Kier molecular flexibility index (Phi) is 8.56. The average molecular weight is 614 g/mol. The zero-order valence-electron chi connectivity index (χ0n) is 23.3. The maximum Gasteiger partial charge on any atom is 0.430 e. The fourth-order valence-electron chi connectivity index (χ4n) is 5.02. The third-order valence-electron chi connectivity index (χ3n) is 7.40. The first-order chi connectivity index (χ1) is 20.0. The van der Waals surface area contributed by atoms with Crippen LogP contribution >= 0.6 is 0 Å². The number of nitrogens with one attached hydrogen (secondary N) is 1. The van der Waals surface area contributed by atoms with Crippen LogP contribution in [-0.4, -0.2) is 58.1 Å². The zero-order valence-corrected chi connectivity index (χ0v) is 23.3. The summed E-state index contributed by atoms with van der Waals surface area (Å²) in [5.41, 5.74) is -6.65. The summed E-state index contributed by atoms with van der Waals surface area (Å²) >= 11 is 0. The van der Waals surface area contributed by atoms with Gasteiger partial charge in [-0.05, 0) is 48.3 Å². The molecule has 0 saturated carbocycles. The summed E-state index contributed by atoms with van der Waals surface area (Å²) in [6.07, 6.45) is -9.95. The molecule has 4 rings (SSSR count). The molecule has 0 spiro atoms. The van der Waals surface area contributed by atoms with E-state index < -0.39 is 47.1 Å². The monoisotopic (exact) mass is 613 g/mol. The molecule has 1 aromatic heterocycles. The van der Waals surface area contributed by atoms with Crippen molar-refractivity contribution >= 4 is 11.9 Å². The zero-order chi connectivity index (χ0) is 31.8. The SMILES string of the molecule is CCCC1=CC(C(O)(C(F)(F)F)C(F)(F)F)=CCC1Oc1cccc(CN2C(=O)NC(C)(c3ccc(OC)nc3)C2=O)c1. The molecular weight excluding hydrogens is 584 g/mol. The van der Waals surface area contributed by atoms with Crippen molar-refractivity contribution in [2.75, 3.05) is 7.11 Å². The number of methoxy groups -OCH3 is 1. The topological polar surface area (TPSA) is 101 Å². The predicted octanol–water partition coefficient (Wildman–Crippen LogP) is 5.72. The van der Waals surface area contributed by atoms with E-state index in [9.17, 15) is 41.0 Å². The van der Waals surface area contributed by atoms with Crippen LogP contribution < -0.4 is 14.8 Å². The van der Waals surface area contributed by atoms with Crippen molar-refractivity contribution in [3.05, 3.63) is 77.0 Å². The summed E-state index contributed by atoms with van der Waals surface area (Å²) in [6, 6.07) is 8.79. The van der Waals surface area contributed by atoms with Crippen molar-refractivity contribution in [3.8, 4) is 11.6 Å². The minimum Gasteiger partial charge on any atom is -0.486 e. The van der Waals surface area contributed by atoms with Gasteiger partial charge in [-0.25, -0.2) is 9.78 Å². The van der Waals surface area contributed by atoms with Crippen LogP contribution in [0, 0.1) is 0 Å². The second-order valence-electron chi connectivity index (χ2n) is 10.4. The third-order valence-corrected chi connectivity index (χ3v) is 7.40. The van der Waals surface area contributed by atoms with Gasteiger partial charge in [0.15, 0.2) is 0 Å². The standard InChI is InChI=1S/C29H29F6N3O5/c1-4-6-18-14-19(27(41,28(30,31)32)29(33,34)35)9-11-22(18)43-21-8-5-7-17(13-21)16-38-24(39)26(2,37-25(38)40)20-10-12-23(42-3)36-15-20/h5,7-10,12-15,22,41H,4,6,11,16H2,1-3H3,(H,37,40). The Morgan fingerprint density at radius 3 is 2.40 bits per heavy atom. The Morgan fingerprint density at radius 2 is 1.81 bits per heavy atom. The summed E-state index contributed by atoms with van der Waals surface area (Å²) in [5.74, 6) is 0.0175. The Morgan fingerprint density at radius 1 is 1.12 bits per heavy atom. The number of hydrogen-bond donors (Lipinski definition) is 2. The van der Waals surface area contributed by atoms with Crippen LogP contribution in [-0.2, 0) is 16.9 Å². The average Bonchev–Trinajstić information content (AvgIpc) is 3.16. The molecule has 2 aromatic rings. The predicted molar refractivity (Wildman–Crippen MR) is 141 cm³/mol. The molecule has 0 radical (unpaired) electrons. The van der Waals surface area contributed by atoms with Gasteiger partial charge in [-0.3, -0.25) is 9.69 Å². The van der Waals surface area contributed by atoms with E-state index in [2.05, 4.69) is 10.3 Å². The van der Waals surface area contributed by atoms with E-state index in [4.69, 9.17) is 9.47 Å². The fourth-order valence-corrected chi connectivity index (χ4v) is 5.02. The number of carbonyl (C=O) groups excluding carboxylic acids is 2. The highest BCUT2D eigenvalue weighted by molar-refractivity contribution is 6.07. The number of aromatic nitrogens is 1. The third kappa shape index (κ3) is 5.92. The van der Waals surface area contributed by atoms with Crippen molar-refractivity contribution in [2.24, 2.45) is 0 Å². The Bertz CT molecular complexity index is 1420. The number of imide groups is 1. The van der Waals surface area contributed by atoms with E-state index in [1.54, 1.807) is 38.1 Å². The highest BCUT2D eigenvalue weighted by Gasteiger charge is 2.72. The van der Waals surface area contributed by atoms with E-state index in [-0.39, 0.29) is 30.7 Å². The summed E-state index contributed by atoms with van der Waals surface area (Å²) in [6.45, 7) is 3.10. The molecule has 1 aliphatic heterocycles. The Hall–Kier alpha value is -4.07.